The maximum atomic E-state index is 13.1. The first-order valence-corrected chi connectivity index (χ1v) is 8.26. The summed E-state index contributed by atoms with van der Waals surface area (Å²) in [5.41, 5.74) is 5.63. The molecule has 0 spiro atoms. The highest BCUT2D eigenvalue weighted by molar-refractivity contribution is 5.88. The maximum absolute atomic E-state index is 13.1. The Labute approximate surface area is 126 Å². The molecule has 0 heterocycles. The molecule has 0 saturated heterocycles. The van der Waals surface area contributed by atoms with Crippen LogP contribution in [0, 0.1) is 29.6 Å². The van der Waals surface area contributed by atoms with Crippen LogP contribution in [0.1, 0.15) is 46.0 Å². The molecule has 0 aromatic heterocycles. The third-order valence-electron chi connectivity index (χ3n) is 5.88. The van der Waals surface area contributed by atoms with Crippen molar-refractivity contribution in [1.29, 1.82) is 0 Å². The minimum atomic E-state index is 0.0787. The topological polar surface area (TPSA) is 78.9 Å². The molecule has 5 nitrogen and oxygen atoms in total. The number of nitrogens with two attached hydrogens (primary N) is 1. The predicted molar refractivity (Wildman–Crippen MR) is 80.8 cm³/mol. The number of hydrogen-bond acceptors (Lipinski definition) is 3. The van der Waals surface area contributed by atoms with Crippen LogP contribution < -0.4 is 5.73 Å². The molecule has 0 atom stereocenters. The second kappa shape index (κ2) is 5.50. The van der Waals surface area contributed by atoms with E-state index in [4.69, 9.17) is 10.9 Å². The summed E-state index contributed by atoms with van der Waals surface area (Å²) in [6, 6.07) is 0.0787. The van der Waals surface area contributed by atoms with Gasteiger partial charge in [0.25, 0.3) is 0 Å². The zero-order chi connectivity index (χ0) is 15.1. The normalized spacial score (nSPS) is 38.0. The number of nitrogens with zero attached hydrogens (tertiary/aromatic N) is 2. The zero-order valence-corrected chi connectivity index (χ0v) is 13.0. The van der Waals surface area contributed by atoms with Crippen molar-refractivity contribution in [2.75, 3.05) is 6.54 Å². The monoisotopic (exact) mass is 293 g/mol. The van der Waals surface area contributed by atoms with E-state index in [1.165, 1.54) is 32.1 Å². The van der Waals surface area contributed by atoms with E-state index in [1.807, 2.05) is 13.8 Å². The van der Waals surface area contributed by atoms with Crippen molar-refractivity contribution in [3.8, 4) is 0 Å². The molecule has 0 unspecified atom stereocenters. The van der Waals surface area contributed by atoms with Crippen LogP contribution in [-0.2, 0) is 4.79 Å². The van der Waals surface area contributed by atoms with Gasteiger partial charge in [-0.15, -0.1) is 0 Å². The Bertz CT molecular complexity index is 419. The van der Waals surface area contributed by atoms with Gasteiger partial charge in [-0.25, -0.2) is 0 Å². The van der Waals surface area contributed by atoms with Crippen LogP contribution >= 0.6 is 0 Å². The molecule has 4 rings (SSSR count). The number of carbonyl (C=O) groups is 1. The van der Waals surface area contributed by atoms with Crippen molar-refractivity contribution in [2.24, 2.45) is 40.5 Å². The van der Waals surface area contributed by atoms with Gasteiger partial charge in [0.05, 0.1) is 6.54 Å². The van der Waals surface area contributed by atoms with Crippen LogP contribution in [0.15, 0.2) is 5.16 Å². The second-order valence-corrected chi connectivity index (χ2v) is 7.61. The van der Waals surface area contributed by atoms with Gasteiger partial charge in [0, 0.05) is 12.0 Å². The second-order valence-electron chi connectivity index (χ2n) is 7.61. The van der Waals surface area contributed by atoms with E-state index in [9.17, 15) is 4.79 Å². The fraction of sp³-hybridized carbons (Fsp3) is 0.875. The average molecular weight is 293 g/mol. The van der Waals surface area contributed by atoms with E-state index in [1.54, 1.807) is 4.90 Å². The molecular weight excluding hydrogens is 266 g/mol. The summed E-state index contributed by atoms with van der Waals surface area (Å²) in [5, 5.41) is 11.8. The van der Waals surface area contributed by atoms with Crippen LogP contribution in [0.5, 0.6) is 0 Å². The third-order valence-corrected chi connectivity index (χ3v) is 5.88. The molecule has 0 aromatic carbocycles. The van der Waals surface area contributed by atoms with Crippen LogP contribution in [0.2, 0.25) is 0 Å². The Kier molecular flexibility index (Phi) is 3.84. The third kappa shape index (κ3) is 2.62. The summed E-state index contributed by atoms with van der Waals surface area (Å²) in [6.45, 7) is 4.23. The van der Waals surface area contributed by atoms with Crippen LogP contribution in [0.25, 0.3) is 0 Å². The van der Waals surface area contributed by atoms with E-state index < -0.39 is 0 Å². The lowest BCUT2D eigenvalue weighted by atomic mass is 9.51. The van der Waals surface area contributed by atoms with Gasteiger partial charge in [0.2, 0.25) is 5.91 Å². The number of rotatable bonds is 4. The van der Waals surface area contributed by atoms with Crippen molar-refractivity contribution in [1.82, 2.24) is 4.90 Å². The van der Waals surface area contributed by atoms with Crippen LogP contribution in [0.4, 0.5) is 0 Å². The van der Waals surface area contributed by atoms with Crippen molar-refractivity contribution in [3.05, 3.63) is 0 Å². The Hall–Kier alpha value is -1.26. The number of oxime groups is 1. The lowest BCUT2D eigenvalue weighted by molar-refractivity contribution is -0.150. The van der Waals surface area contributed by atoms with E-state index >= 15 is 0 Å². The number of amidine groups is 1. The molecule has 0 aromatic rings. The Morgan fingerprint density at radius 1 is 1.19 bits per heavy atom. The van der Waals surface area contributed by atoms with Crippen LogP contribution in [0.3, 0.4) is 0 Å². The molecule has 118 valence electrons. The van der Waals surface area contributed by atoms with Crippen molar-refractivity contribution < 1.29 is 10.0 Å². The zero-order valence-electron chi connectivity index (χ0n) is 13.0. The molecule has 4 fully saturated rings. The lowest BCUT2D eigenvalue weighted by Crippen LogP contribution is -2.54. The first kappa shape index (κ1) is 14.7. The average Bonchev–Trinajstić information content (AvgIpc) is 2.42. The minimum Gasteiger partial charge on any atom is -0.409 e. The highest BCUT2D eigenvalue weighted by atomic mass is 16.4. The molecule has 3 N–H and O–H groups in total. The predicted octanol–water partition coefficient (Wildman–Crippen LogP) is 2.04. The Morgan fingerprint density at radius 3 is 2.14 bits per heavy atom. The summed E-state index contributed by atoms with van der Waals surface area (Å²) in [5.74, 6) is 3.39. The number of amides is 1. The molecule has 0 radical (unpaired) electrons. The first-order chi connectivity index (χ1) is 9.99. The minimum absolute atomic E-state index is 0.0787. The SMILES string of the molecule is CC(C)N(CC(N)=NO)C(=O)C1C2CC3CC(C2)CC1C3. The Morgan fingerprint density at radius 2 is 1.71 bits per heavy atom. The van der Waals surface area contributed by atoms with Crippen LogP contribution in [-0.4, -0.2) is 34.4 Å². The summed E-state index contributed by atoms with van der Waals surface area (Å²) >= 11 is 0. The molecule has 4 bridgehead atoms. The van der Waals surface area contributed by atoms with Gasteiger partial charge in [-0.1, -0.05) is 5.16 Å². The van der Waals surface area contributed by atoms with Gasteiger partial charge >= 0.3 is 0 Å². The largest absolute Gasteiger partial charge is 0.409 e. The van der Waals surface area contributed by atoms with Crippen molar-refractivity contribution in [3.63, 3.8) is 0 Å². The lowest BCUT2D eigenvalue weighted by Gasteiger charge is -2.54. The van der Waals surface area contributed by atoms with Gasteiger partial charge in [0.1, 0.15) is 0 Å². The molecule has 4 aliphatic rings. The van der Waals surface area contributed by atoms with E-state index in [0.29, 0.717) is 11.8 Å². The van der Waals surface area contributed by atoms with Crippen molar-refractivity contribution in [2.45, 2.75) is 52.0 Å². The molecule has 1 amide bonds. The fourth-order valence-electron chi connectivity index (χ4n) is 5.24. The van der Waals surface area contributed by atoms with E-state index in [0.717, 1.165) is 11.8 Å². The van der Waals surface area contributed by atoms with Gasteiger partial charge in [0.15, 0.2) is 5.84 Å². The summed E-state index contributed by atoms with van der Waals surface area (Å²) in [6.07, 6.45) is 6.33. The molecule has 4 aliphatic carbocycles. The molecule has 5 heteroatoms. The van der Waals surface area contributed by atoms with E-state index in [-0.39, 0.29) is 30.2 Å². The summed E-state index contributed by atoms with van der Waals surface area (Å²) < 4.78 is 0. The fourth-order valence-corrected chi connectivity index (χ4v) is 5.24. The van der Waals surface area contributed by atoms with Gasteiger partial charge in [-0.2, -0.15) is 0 Å². The smallest absolute Gasteiger partial charge is 0.226 e. The van der Waals surface area contributed by atoms with Gasteiger partial charge in [-0.3, -0.25) is 4.79 Å². The highest BCUT2D eigenvalue weighted by Gasteiger charge is 2.51. The summed E-state index contributed by atoms with van der Waals surface area (Å²) in [7, 11) is 0. The van der Waals surface area contributed by atoms with Gasteiger partial charge in [-0.05, 0) is 69.6 Å². The highest BCUT2D eigenvalue weighted by Crippen LogP contribution is 2.56. The quantitative estimate of drug-likeness (QED) is 0.360. The molecule has 0 aliphatic heterocycles. The number of carbonyl (C=O) groups excluding carboxylic acids is 1. The molecule has 21 heavy (non-hydrogen) atoms. The van der Waals surface area contributed by atoms with E-state index in [2.05, 4.69) is 5.16 Å². The molecular formula is C16H27N3O2. The molecule has 4 saturated carbocycles. The standard InChI is InChI=1S/C16H27N3O2/c1-9(2)19(8-14(17)18-21)16(20)15-12-4-10-3-11(6-12)7-13(15)5-10/h9-13,15,21H,3-8H2,1-2H3,(H2,17,18). The summed E-state index contributed by atoms with van der Waals surface area (Å²) in [4.78, 5) is 14.9. The van der Waals surface area contributed by atoms with Crippen molar-refractivity contribution >= 4 is 11.7 Å². The first-order valence-electron chi connectivity index (χ1n) is 8.26. The maximum Gasteiger partial charge on any atom is 0.226 e. The number of hydrogen-bond donors (Lipinski definition) is 2. The Balaban J connectivity index is 1.76. The van der Waals surface area contributed by atoms with Gasteiger partial charge < -0.3 is 15.8 Å².